The predicted molar refractivity (Wildman–Crippen MR) is 120 cm³/mol. The van der Waals surface area contributed by atoms with Gasteiger partial charge >= 0.3 is 5.69 Å². The largest absolute Gasteiger partial charge is 0.367 e. The molecule has 0 atom stereocenters. The van der Waals surface area contributed by atoms with Gasteiger partial charge < -0.3 is 15.2 Å². The molecule has 2 N–H and O–H groups in total. The van der Waals surface area contributed by atoms with Crippen LogP contribution in [-0.2, 0) is 13.1 Å². The van der Waals surface area contributed by atoms with Gasteiger partial charge in [-0.3, -0.25) is 19.1 Å². The van der Waals surface area contributed by atoms with E-state index < -0.39 is 28.9 Å². The van der Waals surface area contributed by atoms with Crippen molar-refractivity contribution < 1.29 is 13.6 Å². The molecule has 3 heterocycles. The summed E-state index contributed by atoms with van der Waals surface area (Å²) in [5, 5.41) is 2.60. The minimum atomic E-state index is -0.730. The average molecular weight is 458 g/mol. The molecular formula is C22H24F2N6O3. The van der Waals surface area contributed by atoms with E-state index in [0.717, 1.165) is 4.57 Å². The second-order valence-electron chi connectivity index (χ2n) is 7.81. The lowest BCUT2D eigenvalue weighted by Gasteiger charge is -2.36. The summed E-state index contributed by atoms with van der Waals surface area (Å²) in [5.41, 5.74) is 0.188. The summed E-state index contributed by atoms with van der Waals surface area (Å²) in [7, 11) is 1.46. The molecule has 0 unspecified atom stereocenters. The Balaban J connectivity index is 1.52. The van der Waals surface area contributed by atoms with Crippen LogP contribution in [0.15, 0.2) is 33.9 Å². The number of pyridine rings is 1. The van der Waals surface area contributed by atoms with E-state index in [1.165, 1.54) is 31.3 Å². The van der Waals surface area contributed by atoms with Crippen LogP contribution < -0.4 is 21.5 Å². The molecule has 9 nitrogen and oxygen atoms in total. The first-order valence-electron chi connectivity index (χ1n) is 10.6. The predicted octanol–water partition coefficient (Wildman–Crippen LogP) is 1.06. The zero-order chi connectivity index (χ0) is 23.7. The Labute approximate surface area is 187 Å². The van der Waals surface area contributed by atoms with Gasteiger partial charge in [-0.05, 0) is 31.2 Å². The van der Waals surface area contributed by atoms with Crippen LogP contribution in [0.1, 0.15) is 23.0 Å². The van der Waals surface area contributed by atoms with Gasteiger partial charge in [-0.1, -0.05) is 0 Å². The molecule has 1 fully saturated rings. The summed E-state index contributed by atoms with van der Waals surface area (Å²) in [6.07, 6.45) is 0. The van der Waals surface area contributed by atoms with Crippen molar-refractivity contribution in [3.63, 3.8) is 0 Å². The molecule has 0 bridgehead atoms. The first-order valence-corrected chi connectivity index (χ1v) is 10.6. The van der Waals surface area contributed by atoms with Crippen LogP contribution in [0, 0.1) is 11.8 Å². The first kappa shape index (κ1) is 22.6. The van der Waals surface area contributed by atoms with Crippen LogP contribution >= 0.6 is 0 Å². The van der Waals surface area contributed by atoms with Gasteiger partial charge in [0.15, 0.2) is 5.69 Å². The van der Waals surface area contributed by atoms with E-state index in [2.05, 4.69) is 15.3 Å². The van der Waals surface area contributed by atoms with Gasteiger partial charge in [-0.25, -0.2) is 14.2 Å². The molecule has 0 saturated carbocycles. The molecule has 3 aromatic rings. The molecule has 1 aliphatic rings. The fraction of sp³-hybridized carbons (Fsp3) is 0.364. The normalized spacial score (nSPS) is 14.6. The van der Waals surface area contributed by atoms with E-state index in [9.17, 15) is 23.2 Å². The molecule has 11 heteroatoms. The van der Waals surface area contributed by atoms with Gasteiger partial charge in [0, 0.05) is 51.9 Å². The standard InChI is InChI=1S/C22H24F2N6O3/c1-3-30-21(32)14-11-15(23)13(10-16(14)26-22(30)33)12-28-6-8-29(9-7-28)17-4-5-18(24)27-19(17)20(31)25-2/h4-5,10-11H,3,6-9,12H2,1-2H3,(H,25,31)(H,26,33). The fourth-order valence-electron chi connectivity index (χ4n) is 4.08. The molecule has 1 amide bonds. The molecule has 0 aliphatic carbocycles. The van der Waals surface area contributed by atoms with Crippen molar-refractivity contribution in [2.45, 2.75) is 20.0 Å². The molecule has 0 radical (unpaired) electrons. The van der Waals surface area contributed by atoms with Crippen LogP contribution in [0.4, 0.5) is 14.5 Å². The van der Waals surface area contributed by atoms with E-state index in [4.69, 9.17) is 0 Å². The van der Waals surface area contributed by atoms with Crippen LogP contribution in [-0.4, -0.2) is 58.6 Å². The number of halogens is 2. The highest BCUT2D eigenvalue weighted by Crippen LogP contribution is 2.23. The Kier molecular flexibility index (Phi) is 6.23. The van der Waals surface area contributed by atoms with Gasteiger partial charge in [0.2, 0.25) is 5.95 Å². The average Bonchev–Trinajstić information content (AvgIpc) is 2.80. The number of carbonyl (C=O) groups is 1. The Hall–Kier alpha value is -3.60. The van der Waals surface area contributed by atoms with Gasteiger partial charge in [0.25, 0.3) is 11.5 Å². The number of H-pyrrole nitrogens is 1. The first-order chi connectivity index (χ1) is 15.8. The second-order valence-corrected chi connectivity index (χ2v) is 7.81. The number of fused-ring (bicyclic) bond motifs is 1. The maximum Gasteiger partial charge on any atom is 0.328 e. The number of nitrogens with one attached hydrogen (secondary N) is 2. The summed E-state index contributed by atoms with van der Waals surface area (Å²) >= 11 is 0. The number of piperazine rings is 1. The minimum absolute atomic E-state index is 0.0215. The van der Waals surface area contributed by atoms with Crippen molar-refractivity contribution in [2.75, 3.05) is 38.1 Å². The Morgan fingerprint density at radius 3 is 2.55 bits per heavy atom. The zero-order valence-corrected chi connectivity index (χ0v) is 18.3. The number of hydrogen-bond donors (Lipinski definition) is 2. The number of amides is 1. The smallest absolute Gasteiger partial charge is 0.328 e. The highest BCUT2D eigenvalue weighted by Gasteiger charge is 2.24. The van der Waals surface area contributed by atoms with E-state index in [1.54, 1.807) is 6.92 Å². The lowest BCUT2D eigenvalue weighted by atomic mass is 10.1. The summed E-state index contributed by atoms with van der Waals surface area (Å²) in [4.78, 5) is 47.0. The quantitative estimate of drug-likeness (QED) is 0.555. The molecule has 174 valence electrons. The van der Waals surface area contributed by atoms with Gasteiger partial charge in [0.1, 0.15) is 5.82 Å². The number of aromatic amines is 1. The van der Waals surface area contributed by atoms with Crippen molar-refractivity contribution in [2.24, 2.45) is 0 Å². The Morgan fingerprint density at radius 1 is 1.15 bits per heavy atom. The maximum atomic E-state index is 14.8. The van der Waals surface area contributed by atoms with E-state index in [0.29, 0.717) is 49.5 Å². The van der Waals surface area contributed by atoms with Crippen LogP contribution in [0.2, 0.25) is 0 Å². The number of benzene rings is 1. The van der Waals surface area contributed by atoms with Crippen LogP contribution in [0.25, 0.3) is 10.9 Å². The topological polar surface area (TPSA) is 103 Å². The molecular weight excluding hydrogens is 434 g/mol. The van der Waals surface area contributed by atoms with E-state index >= 15 is 0 Å². The number of aromatic nitrogens is 3. The molecule has 33 heavy (non-hydrogen) atoms. The van der Waals surface area contributed by atoms with Gasteiger partial charge in [-0.15, -0.1) is 0 Å². The van der Waals surface area contributed by atoms with Crippen LogP contribution in [0.5, 0.6) is 0 Å². The third-order valence-electron chi connectivity index (χ3n) is 5.85. The van der Waals surface area contributed by atoms with E-state index in [-0.39, 0.29) is 17.6 Å². The number of carbonyl (C=O) groups excluding carboxylic acids is 1. The number of rotatable bonds is 5. The number of anilines is 1. The highest BCUT2D eigenvalue weighted by molar-refractivity contribution is 5.97. The lowest BCUT2D eigenvalue weighted by molar-refractivity contribution is 0.0957. The van der Waals surface area contributed by atoms with Gasteiger partial charge in [0.05, 0.1) is 16.6 Å². The van der Waals surface area contributed by atoms with Gasteiger partial charge in [-0.2, -0.15) is 4.39 Å². The van der Waals surface area contributed by atoms with Crippen molar-refractivity contribution in [1.29, 1.82) is 0 Å². The van der Waals surface area contributed by atoms with E-state index in [1.807, 2.05) is 9.80 Å². The molecule has 4 rings (SSSR count). The summed E-state index contributed by atoms with van der Waals surface area (Å²) in [6.45, 7) is 4.36. The highest BCUT2D eigenvalue weighted by atomic mass is 19.1. The SMILES string of the molecule is CCn1c(=O)[nH]c2cc(CN3CCN(c4ccc(F)nc4C(=O)NC)CC3)c(F)cc2c1=O. The second kappa shape index (κ2) is 9.10. The Morgan fingerprint density at radius 2 is 1.88 bits per heavy atom. The van der Waals surface area contributed by atoms with Crippen molar-refractivity contribution >= 4 is 22.5 Å². The Bertz CT molecular complexity index is 1330. The third-order valence-corrected chi connectivity index (χ3v) is 5.85. The third kappa shape index (κ3) is 4.36. The summed E-state index contributed by atoms with van der Waals surface area (Å²) in [5.74, 6) is -1.71. The number of hydrogen-bond acceptors (Lipinski definition) is 6. The monoisotopic (exact) mass is 458 g/mol. The molecule has 1 aliphatic heterocycles. The van der Waals surface area contributed by atoms with Crippen molar-refractivity contribution in [3.8, 4) is 0 Å². The lowest BCUT2D eigenvalue weighted by Crippen LogP contribution is -2.46. The van der Waals surface area contributed by atoms with Crippen LogP contribution in [0.3, 0.4) is 0 Å². The van der Waals surface area contributed by atoms with Crippen molar-refractivity contribution in [1.82, 2.24) is 24.8 Å². The fourth-order valence-corrected chi connectivity index (χ4v) is 4.08. The molecule has 1 saturated heterocycles. The number of nitrogens with zero attached hydrogens (tertiary/aromatic N) is 4. The van der Waals surface area contributed by atoms with Crippen molar-refractivity contribution in [3.05, 3.63) is 68.1 Å². The zero-order valence-electron chi connectivity index (χ0n) is 18.3. The molecule has 0 spiro atoms. The summed E-state index contributed by atoms with van der Waals surface area (Å²) < 4.78 is 29.4. The maximum absolute atomic E-state index is 14.8. The molecule has 2 aromatic heterocycles. The minimum Gasteiger partial charge on any atom is -0.367 e. The summed E-state index contributed by atoms with van der Waals surface area (Å²) in [6, 6.07) is 5.43. The molecule has 1 aromatic carbocycles.